The first-order valence-corrected chi connectivity index (χ1v) is 9.00. The fourth-order valence-corrected chi connectivity index (χ4v) is 7.28. The summed E-state index contributed by atoms with van der Waals surface area (Å²) in [5, 5.41) is 0. The van der Waals surface area contributed by atoms with Crippen LogP contribution in [-0.2, 0) is 0 Å². The Morgan fingerprint density at radius 3 is 1.20 bits per heavy atom. The number of alkyl halides is 3. The van der Waals surface area contributed by atoms with E-state index in [0.717, 1.165) is 0 Å². The molecule has 0 aliphatic carbocycles. The molecule has 0 aromatic rings. The van der Waals surface area contributed by atoms with Crippen LogP contribution in [0.5, 0.6) is 0 Å². The molecular weight excluding hydrogens is 235 g/mol. The van der Waals surface area contributed by atoms with Gasteiger partial charge in [-0.1, -0.05) is 0 Å². The van der Waals surface area contributed by atoms with Crippen LogP contribution in [0.2, 0.25) is 0 Å². The summed E-state index contributed by atoms with van der Waals surface area (Å²) in [5.41, 5.74) is 0. The quantitative estimate of drug-likeness (QED) is 0.502. The zero-order valence-electron chi connectivity index (χ0n) is 7.62. The number of halogens is 1. The van der Waals surface area contributed by atoms with Crippen LogP contribution in [0.3, 0.4) is 0 Å². The van der Waals surface area contributed by atoms with Crippen LogP contribution in [0.25, 0.3) is 0 Å². The van der Waals surface area contributed by atoms with Gasteiger partial charge in [0.15, 0.2) is 0 Å². The van der Waals surface area contributed by atoms with Crippen molar-refractivity contribution >= 4 is 19.8 Å². The van der Waals surface area contributed by atoms with Crippen LogP contribution in [0.1, 0.15) is 40.0 Å². The standard InChI is InChI=1S/C9H21I/c1-4-7-10(8-5-2)9-6-3/h4-9H2,1-3H3. The second-order valence-electron chi connectivity index (χ2n) is 2.63. The molecule has 0 aliphatic heterocycles. The van der Waals surface area contributed by atoms with E-state index in [0.29, 0.717) is 0 Å². The molecular formula is C9H21I. The summed E-state index contributed by atoms with van der Waals surface area (Å²) < 4.78 is 4.81. The van der Waals surface area contributed by atoms with Crippen molar-refractivity contribution in [2.24, 2.45) is 0 Å². The Morgan fingerprint density at radius 1 is 0.700 bits per heavy atom. The summed E-state index contributed by atoms with van der Waals surface area (Å²) in [5.74, 6) is 0. The molecule has 0 spiro atoms. The van der Waals surface area contributed by atoms with Gasteiger partial charge in [-0.2, -0.15) is 0 Å². The molecule has 0 unspecified atom stereocenters. The van der Waals surface area contributed by atoms with E-state index in [1.165, 1.54) is 19.3 Å². The molecule has 0 saturated heterocycles. The zero-order valence-corrected chi connectivity index (χ0v) is 9.78. The van der Waals surface area contributed by atoms with Crippen LogP contribution in [0.4, 0.5) is 0 Å². The van der Waals surface area contributed by atoms with Gasteiger partial charge in [0.05, 0.1) is 0 Å². The minimum absolute atomic E-state index is 0.395. The molecule has 1 heteroatoms. The third-order valence-corrected chi connectivity index (χ3v) is 9.18. The van der Waals surface area contributed by atoms with Crippen molar-refractivity contribution in [2.75, 3.05) is 13.3 Å². The maximum absolute atomic E-state index is 2.33. The predicted octanol–water partition coefficient (Wildman–Crippen LogP) is 3.72. The van der Waals surface area contributed by atoms with E-state index in [4.69, 9.17) is 0 Å². The molecule has 0 aliphatic rings. The molecule has 64 valence electrons. The van der Waals surface area contributed by atoms with Crippen molar-refractivity contribution in [3.8, 4) is 0 Å². The number of rotatable bonds is 6. The monoisotopic (exact) mass is 256 g/mol. The van der Waals surface area contributed by atoms with Crippen LogP contribution in [-0.4, -0.2) is 13.3 Å². The van der Waals surface area contributed by atoms with Crippen LogP contribution >= 0.6 is 19.8 Å². The first kappa shape index (κ1) is 10.7. The van der Waals surface area contributed by atoms with Gasteiger partial charge in [-0.3, -0.25) is 0 Å². The topological polar surface area (TPSA) is 0 Å². The number of hydrogen-bond acceptors (Lipinski definition) is 0. The van der Waals surface area contributed by atoms with Gasteiger partial charge in [0.1, 0.15) is 0 Å². The summed E-state index contributed by atoms with van der Waals surface area (Å²) in [6.45, 7) is 6.99. The van der Waals surface area contributed by atoms with Gasteiger partial charge in [-0.25, -0.2) is 0 Å². The summed E-state index contributed by atoms with van der Waals surface area (Å²) in [6, 6.07) is 0. The molecule has 0 aromatic heterocycles. The molecule has 0 amide bonds. The average molecular weight is 256 g/mol. The van der Waals surface area contributed by atoms with Gasteiger partial charge in [-0.15, -0.1) is 0 Å². The van der Waals surface area contributed by atoms with Crippen LogP contribution in [0.15, 0.2) is 0 Å². The van der Waals surface area contributed by atoms with Gasteiger partial charge in [0, 0.05) is 0 Å². The molecule has 0 atom stereocenters. The normalized spacial score (nSPS) is 11.7. The van der Waals surface area contributed by atoms with E-state index in [9.17, 15) is 0 Å². The average Bonchev–Trinajstić information content (AvgIpc) is 1.90. The molecule has 0 N–H and O–H groups in total. The molecule has 0 nitrogen and oxygen atoms in total. The first-order chi connectivity index (χ1) is 4.85. The van der Waals surface area contributed by atoms with Gasteiger partial charge in [-0.05, 0) is 0 Å². The van der Waals surface area contributed by atoms with Crippen molar-refractivity contribution < 1.29 is 0 Å². The maximum atomic E-state index is 2.33. The van der Waals surface area contributed by atoms with Crippen LogP contribution in [0, 0.1) is 0 Å². The second-order valence-corrected chi connectivity index (χ2v) is 9.11. The SMILES string of the molecule is CCCI(CCC)CCC. The fourth-order valence-electron chi connectivity index (χ4n) is 1.09. The molecule has 0 rings (SSSR count). The van der Waals surface area contributed by atoms with Crippen molar-refractivity contribution in [3.05, 3.63) is 0 Å². The Balaban J connectivity index is 3.30. The van der Waals surface area contributed by atoms with Crippen LogP contribution < -0.4 is 0 Å². The van der Waals surface area contributed by atoms with Crippen molar-refractivity contribution in [1.29, 1.82) is 0 Å². The molecule has 0 saturated carbocycles. The van der Waals surface area contributed by atoms with Crippen molar-refractivity contribution in [1.82, 2.24) is 0 Å². The molecule has 0 bridgehead atoms. The van der Waals surface area contributed by atoms with Gasteiger partial charge >= 0.3 is 73.1 Å². The molecule has 0 aromatic carbocycles. The Kier molecular flexibility index (Phi) is 8.40. The molecule has 10 heavy (non-hydrogen) atoms. The van der Waals surface area contributed by atoms with Gasteiger partial charge in [0.25, 0.3) is 0 Å². The zero-order chi connectivity index (χ0) is 7.82. The predicted molar refractivity (Wildman–Crippen MR) is 59.5 cm³/mol. The van der Waals surface area contributed by atoms with E-state index >= 15 is 0 Å². The summed E-state index contributed by atoms with van der Waals surface area (Å²) >= 11 is -0.395. The van der Waals surface area contributed by atoms with Crippen molar-refractivity contribution in [3.63, 3.8) is 0 Å². The molecule has 0 radical (unpaired) electrons. The van der Waals surface area contributed by atoms with E-state index in [1.807, 2.05) is 0 Å². The van der Waals surface area contributed by atoms with E-state index in [-0.39, 0.29) is 0 Å². The second kappa shape index (κ2) is 7.83. The van der Waals surface area contributed by atoms with Crippen molar-refractivity contribution in [2.45, 2.75) is 40.0 Å². The fraction of sp³-hybridized carbons (Fsp3) is 1.00. The number of hydrogen-bond donors (Lipinski definition) is 0. The molecule has 0 fully saturated rings. The third-order valence-electron chi connectivity index (χ3n) is 1.37. The minimum atomic E-state index is -0.395. The van der Waals surface area contributed by atoms with E-state index in [2.05, 4.69) is 20.8 Å². The first-order valence-electron chi connectivity index (χ1n) is 4.42. The van der Waals surface area contributed by atoms with Gasteiger partial charge in [0.2, 0.25) is 0 Å². The Hall–Kier alpha value is 0.730. The Bertz CT molecular complexity index is 47.5. The summed E-state index contributed by atoms with van der Waals surface area (Å²) in [4.78, 5) is 0. The summed E-state index contributed by atoms with van der Waals surface area (Å²) in [6.07, 6.45) is 4.31. The van der Waals surface area contributed by atoms with E-state index < -0.39 is 19.8 Å². The van der Waals surface area contributed by atoms with Gasteiger partial charge < -0.3 is 0 Å². The Morgan fingerprint density at radius 2 is 1.00 bits per heavy atom. The third kappa shape index (κ3) is 5.51. The van der Waals surface area contributed by atoms with E-state index in [1.54, 1.807) is 13.3 Å². The molecule has 0 heterocycles. The summed E-state index contributed by atoms with van der Waals surface area (Å²) in [7, 11) is 0. The Labute approximate surface area is 73.2 Å².